The number of likely N-dealkylation sites (tertiary alicyclic amines) is 1. The molecule has 1 aromatic carbocycles. The summed E-state index contributed by atoms with van der Waals surface area (Å²) >= 11 is 1.62. The lowest BCUT2D eigenvalue weighted by Crippen LogP contribution is -2.33. The zero-order valence-corrected chi connectivity index (χ0v) is 21.8. The Morgan fingerprint density at radius 1 is 1.25 bits per heavy atom. The van der Waals surface area contributed by atoms with E-state index in [1.54, 1.807) is 11.3 Å². The fraction of sp³-hybridized carbons (Fsp3) is 0.357. The monoisotopic (exact) mass is 501 g/mol. The average molecular weight is 502 g/mol. The molecule has 3 aromatic rings. The van der Waals surface area contributed by atoms with Crippen molar-refractivity contribution in [3.63, 3.8) is 0 Å². The summed E-state index contributed by atoms with van der Waals surface area (Å²) in [5, 5.41) is 11.8. The summed E-state index contributed by atoms with van der Waals surface area (Å²) in [5.41, 5.74) is 4.23. The largest absolute Gasteiger partial charge is 0.419 e. The molecule has 0 N–H and O–H groups in total. The second-order valence-electron chi connectivity index (χ2n) is 9.38. The zero-order chi connectivity index (χ0) is 25.2. The molecule has 8 heteroatoms. The Kier molecular flexibility index (Phi) is 6.87. The Morgan fingerprint density at radius 3 is 2.78 bits per heavy atom. The van der Waals surface area contributed by atoms with E-state index in [1.807, 2.05) is 59.4 Å². The van der Waals surface area contributed by atoms with Gasteiger partial charge in [0.2, 0.25) is 5.89 Å². The van der Waals surface area contributed by atoms with Crippen LogP contribution in [0.1, 0.15) is 66.7 Å². The van der Waals surface area contributed by atoms with E-state index < -0.39 is 0 Å². The fourth-order valence-corrected chi connectivity index (χ4v) is 5.85. The van der Waals surface area contributed by atoms with Crippen LogP contribution in [0.4, 0.5) is 0 Å². The van der Waals surface area contributed by atoms with Gasteiger partial charge >= 0.3 is 0 Å². The molecule has 0 bridgehead atoms. The molecule has 186 valence electrons. The molecular weight excluding hydrogens is 470 g/mol. The molecule has 0 saturated carbocycles. The predicted molar refractivity (Wildman–Crippen MR) is 141 cm³/mol. The topological polar surface area (TPSA) is 75.4 Å². The summed E-state index contributed by atoms with van der Waals surface area (Å²) in [5.74, 6) is 1.04. The second-order valence-corrected chi connectivity index (χ2v) is 10.3. The highest BCUT2D eigenvalue weighted by atomic mass is 32.1. The van der Waals surface area contributed by atoms with E-state index >= 15 is 0 Å². The molecule has 1 saturated heterocycles. The van der Waals surface area contributed by atoms with Crippen LogP contribution < -0.4 is 0 Å². The highest BCUT2D eigenvalue weighted by Crippen LogP contribution is 2.37. The lowest BCUT2D eigenvalue weighted by Gasteiger charge is -2.30. The van der Waals surface area contributed by atoms with E-state index in [-0.39, 0.29) is 17.9 Å². The summed E-state index contributed by atoms with van der Waals surface area (Å²) in [6.45, 7) is 11.7. The number of carbonyl (C=O) groups is 1. The number of hydrogen-bond donors (Lipinski definition) is 0. The van der Waals surface area contributed by atoms with Crippen LogP contribution in [0.5, 0.6) is 0 Å². The molecule has 4 heterocycles. The molecule has 0 radical (unpaired) electrons. The molecule has 0 unspecified atom stereocenters. The molecule has 2 atom stereocenters. The first-order chi connectivity index (χ1) is 17.4. The van der Waals surface area contributed by atoms with Gasteiger partial charge in [0.15, 0.2) is 0 Å². The molecule has 1 amide bonds. The highest BCUT2D eigenvalue weighted by molar-refractivity contribution is 7.09. The number of carbonyl (C=O) groups excluding carboxylic acids is 1. The van der Waals surface area contributed by atoms with Crippen molar-refractivity contribution in [3.8, 4) is 0 Å². The Bertz CT molecular complexity index is 1320. The van der Waals surface area contributed by atoms with Gasteiger partial charge in [0.1, 0.15) is 10.7 Å². The smallest absolute Gasteiger partial charge is 0.264 e. The second kappa shape index (κ2) is 10.2. The summed E-state index contributed by atoms with van der Waals surface area (Å²) in [7, 11) is 0. The van der Waals surface area contributed by atoms with Crippen LogP contribution in [0, 0.1) is 6.92 Å². The first-order valence-corrected chi connectivity index (χ1v) is 13.3. The summed E-state index contributed by atoms with van der Waals surface area (Å²) < 4.78 is 6.15. The van der Waals surface area contributed by atoms with E-state index in [0.717, 1.165) is 35.7 Å². The molecule has 5 rings (SSSR count). The number of rotatable bonds is 7. The van der Waals surface area contributed by atoms with E-state index in [1.165, 1.54) is 5.56 Å². The molecule has 0 aliphatic carbocycles. The zero-order valence-electron chi connectivity index (χ0n) is 21.0. The number of likely N-dealkylation sites (N-methyl/N-ethyl adjacent to an activating group) is 1. The minimum absolute atomic E-state index is 0.0141. The summed E-state index contributed by atoms with van der Waals surface area (Å²) in [6, 6.07) is 10.3. The lowest BCUT2D eigenvalue weighted by atomic mass is 10.0. The quantitative estimate of drug-likeness (QED) is 0.416. The first-order valence-electron chi connectivity index (χ1n) is 12.4. The van der Waals surface area contributed by atoms with Crippen LogP contribution in [0.2, 0.25) is 0 Å². The summed E-state index contributed by atoms with van der Waals surface area (Å²) in [6.07, 6.45) is 6.42. The Hall–Kier alpha value is -3.52. The Labute approximate surface area is 215 Å². The number of allylic oxidation sites excluding steroid dienone is 1. The van der Waals surface area contributed by atoms with E-state index in [4.69, 9.17) is 4.42 Å². The van der Waals surface area contributed by atoms with Gasteiger partial charge in [-0.05, 0) is 50.8 Å². The van der Waals surface area contributed by atoms with Crippen LogP contribution in [0.25, 0.3) is 5.70 Å². The normalized spacial score (nSPS) is 18.9. The predicted octanol–water partition coefficient (Wildman–Crippen LogP) is 5.66. The number of aromatic nitrogens is 3. The number of amides is 1. The van der Waals surface area contributed by atoms with Crippen LogP contribution in [0.15, 0.2) is 70.1 Å². The van der Waals surface area contributed by atoms with Crippen molar-refractivity contribution in [2.45, 2.75) is 52.0 Å². The van der Waals surface area contributed by atoms with Crippen molar-refractivity contribution < 1.29 is 9.21 Å². The van der Waals surface area contributed by atoms with E-state index in [0.29, 0.717) is 36.1 Å². The van der Waals surface area contributed by atoms with E-state index in [2.05, 4.69) is 40.8 Å². The van der Waals surface area contributed by atoms with Gasteiger partial charge in [-0.15, -0.1) is 21.5 Å². The molecule has 2 aliphatic rings. The van der Waals surface area contributed by atoms with Gasteiger partial charge in [-0.25, -0.2) is 4.98 Å². The van der Waals surface area contributed by atoms with Crippen molar-refractivity contribution >= 4 is 22.9 Å². The van der Waals surface area contributed by atoms with Gasteiger partial charge in [-0.1, -0.05) is 43.8 Å². The molecular formula is C28H31N5O2S. The Balaban J connectivity index is 1.40. The van der Waals surface area contributed by atoms with Crippen molar-refractivity contribution in [1.29, 1.82) is 0 Å². The van der Waals surface area contributed by atoms with Gasteiger partial charge in [0.25, 0.3) is 11.8 Å². The minimum Gasteiger partial charge on any atom is -0.419 e. The first kappa shape index (κ1) is 24.2. The maximum atomic E-state index is 13.7. The number of benzene rings is 1. The number of thiazole rings is 1. The van der Waals surface area contributed by atoms with Crippen LogP contribution in [-0.2, 0) is 11.2 Å². The van der Waals surface area contributed by atoms with Crippen LogP contribution in [-0.4, -0.2) is 44.0 Å². The molecule has 2 aliphatic heterocycles. The third kappa shape index (κ3) is 4.78. The molecule has 1 fully saturated rings. The fourth-order valence-electron chi connectivity index (χ4n) is 4.90. The van der Waals surface area contributed by atoms with Crippen molar-refractivity contribution in [2.24, 2.45) is 0 Å². The van der Waals surface area contributed by atoms with Crippen molar-refractivity contribution in [1.82, 2.24) is 25.0 Å². The number of aryl methyl sites for hydroxylation is 1. The van der Waals surface area contributed by atoms with Gasteiger partial charge in [-0.2, -0.15) is 0 Å². The van der Waals surface area contributed by atoms with Crippen LogP contribution >= 0.6 is 11.3 Å². The molecule has 7 nitrogen and oxygen atoms in total. The van der Waals surface area contributed by atoms with Gasteiger partial charge in [0, 0.05) is 41.4 Å². The molecule has 36 heavy (non-hydrogen) atoms. The third-order valence-corrected chi connectivity index (χ3v) is 7.78. The van der Waals surface area contributed by atoms with Gasteiger partial charge < -0.3 is 14.2 Å². The highest BCUT2D eigenvalue weighted by Gasteiger charge is 2.35. The Morgan fingerprint density at radius 2 is 2.06 bits per heavy atom. The molecule has 2 aromatic heterocycles. The van der Waals surface area contributed by atoms with Gasteiger partial charge in [-0.3, -0.25) is 4.79 Å². The maximum Gasteiger partial charge on any atom is 0.264 e. The third-order valence-electron chi connectivity index (χ3n) is 6.72. The van der Waals surface area contributed by atoms with Crippen molar-refractivity contribution in [3.05, 3.63) is 93.8 Å². The maximum absolute atomic E-state index is 13.7. The average Bonchev–Trinajstić information content (AvgIpc) is 3.64. The lowest BCUT2D eigenvalue weighted by molar-refractivity contribution is -0.127. The number of nitrogens with zero attached hydrogens (tertiary/aromatic N) is 5. The minimum atomic E-state index is -0.0167. The van der Waals surface area contributed by atoms with Crippen molar-refractivity contribution in [2.75, 3.05) is 13.1 Å². The number of hydrogen-bond acceptors (Lipinski definition) is 7. The standard InChI is InChI=1S/C28H31N5O2S/c1-5-32-20(4)15-22(28(34)33-13-9-12-23(33)27-29-19(3)17-36-27)16-24(32)26-31-30-25(35-26)18(2)14-21-10-7-6-8-11-21/h6-8,10-11,15-18,23H,4-5,9,12-14H2,1-3H3/t18-,23+/m0/s1. The van der Waals surface area contributed by atoms with Gasteiger partial charge in [0.05, 0.1) is 6.04 Å². The van der Waals surface area contributed by atoms with Crippen LogP contribution in [0.3, 0.4) is 0 Å². The molecule has 0 spiro atoms. The SMILES string of the molecule is C=C1C=C(C(=O)N2CCC[C@@H]2c2nc(C)cs2)C=C(c2nnc([C@@H](C)Cc3ccccc3)o2)N1CC. The van der Waals surface area contributed by atoms with E-state index in [9.17, 15) is 4.79 Å². The summed E-state index contributed by atoms with van der Waals surface area (Å²) in [4.78, 5) is 22.3.